The van der Waals surface area contributed by atoms with E-state index in [9.17, 15) is 9.50 Å². The molecule has 0 saturated carbocycles. The van der Waals surface area contributed by atoms with E-state index in [4.69, 9.17) is 9.47 Å². The molecule has 27 heavy (non-hydrogen) atoms. The van der Waals surface area contributed by atoms with Gasteiger partial charge in [0, 0.05) is 31.9 Å². The zero-order chi connectivity index (χ0) is 18.8. The van der Waals surface area contributed by atoms with Gasteiger partial charge in [-0.3, -0.25) is 4.57 Å². The Kier molecular flexibility index (Phi) is 6.12. The number of hydrogen-bond acceptors (Lipinski definition) is 6. The Bertz CT molecular complexity index is 948. The number of phenolic OH excluding ortho intramolecular Hbond substituents is 1. The van der Waals surface area contributed by atoms with Gasteiger partial charge < -0.3 is 19.5 Å². The molecule has 1 aromatic heterocycles. The molecule has 9 heteroatoms. The lowest BCUT2D eigenvalue weighted by molar-refractivity contribution is 0.386. The normalized spacial score (nSPS) is 10.3. The van der Waals surface area contributed by atoms with Crippen LogP contribution in [0.1, 0.15) is 0 Å². The molecule has 0 amide bonds. The van der Waals surface area contributed by atoms with Crippen LogP contribution in [-0.2, 0) is 7.05 Å². The Morgan fingerprint density at radius 3 is 2.41 bits per heavy atom. The van der Waals surface area contributed by atoms with Crippen LogP contribution in [0.4, 0.5) is 16.0 Å². The van der Waals surface area contributed by atoms with Crippen molar-refractivity contribution in [1.82, 2.24) is 14.8 Å². The summed E-state index contributed by atoms with van der Waals surface area (Å²) in [6, 6.07) is 9.34. The minimum atomic E-state index is -0.433. The molecule has 0 aliphatic carbocycles. The van der Waals surface area contributed by atoms with Crippen LogP contribution in [0.25, 0.3) is 11.4 Å². The van der Waals surface area contributed by atoms with Crippen molar-refractivity contribution in [3.63, 3.8) is 0 Å². The Labute approximate surface area is 162 Å². The maximum atomic E-state index is 13.6. The minimum absolute atomic E-state index is 0. The van der Waals surface area contributed by atoms with Crippen molar-refractivity contribution in [3.05, 3.63) is 42.2 Å². The van der Waals surface area contributed by atoms with Gasteiger partial charge in [0.1, 0.15) is 11.5 Å². The number of hydrogen-bond donors (Lipinski definition) is 1. The standard InChI is InChI=1S/C18H19FN4O3.ClH/c1-22(11-5-8-14(19)16(9-11)26-4)18-21-20-17(23(18)2)13-7-6-12(24)10-15(13)25-3;/h5-10,24H,1-4H3;1H. The van der Waals surface area contributed by atoms with Gasteiger partial charge in [-0.15, -0.1) is 22.6 Å². The molecule has 144 valence electrons. The third-order valence-corrected chi connectivity index (χ3v) is 4.10. The lowest BCUT2D eigenvalue weighted by atomic mass is 10.2. The summed E-state index contributed by atoms with van der Waals surface area (Å²) in [7, 11) is 6.55. The molecule has 0 bridgehead atoms. The number of nitrogens with zero attached hydrogens (tertiary/aromatic N) is 4. The molecule has 2 aromatic carbocycles. The van der Waals surface area contributed by atoms with Gasteiger partial charge in [0.25, 0.3) is 0 Å². The SMILES string of the molecule is COc1cc(N(C)c2nnc(-c3ccc(O)cc3OC)n2C)ccc1F.Cl. The Morgan fingerprint density at radius 2 is 1.74 bits per heavy atom. The Morgan fingerprint density at radius 1 is 1.04 bits per heavy atom. The van der Waals surface area contributed by atoms with E-state index in [0.717, 1.165) is 0 Å². The fourth-order valence-corrected chi connectivity index (χ4v) is 2.68. The Balaban J connectivity index is 0.00000261. The van der Waals surface area contributed by atoms with Gasteiger partial charge in [-0.1, -0.05) is 0 Å². The maximum Gasteiger partial charge on any atom is 0.231 e. The van der Waals surface area contributed by atoms with Crippen molar-refractivity contribution in [1.29, 1.82) is 0 Å². The monoisotopic (exact) mass is 394 g/mol. The van der Waals surface area contributed by atoms with Gasteiger partial charge in [0.05, 0.1) is 19.8 Å². The van der Waals surface area contributed by atoms with Gasteiger partial charge >= 0.3 is 0 Å². The van der Waals surface area contributed by atoms with Gasteiger partial charge in [-0.25, -0.2) is 4.39 Å². The van der Waals surface area contributed by atoms with Crippen LogP contribution < -0.4 is 14.4 Å². The molecule has 3 rings (SSSR count). The van der Waals surface area contributed by atoms with Crippen molar-refractivity contribution in [2.75, 3.05) is 26.2 Å². The number of rotatable bonds is 5. The number of methoxy groups -OCH3 is 2. The second-order valence-corrected chi connectivity index (χ2v) is 5.65. The number of aromatic nitrogens is 3. The van der Waals surface area contributed by atoms with Crippen molar-refractivity contribution < 1.29 is 19.0 Å². The summed E-state index contributed by atoms with van der Waals surface area (Å²) < 4.78 is 25.8. The van der Waals surface area contributed by atoms with Crippen LogP contribution >= 0.6 is 12.4 Å². The summed E-state index contributed by atoms with van der Waals surface area (Å²) in [6.45, 7) is 0. The first kappa shape index (κ1) is 20.3. The topological polar surface area (TPSA) is 72.6 Å². The van der Waals surface area contributed by atoms with E-state index in [0.29, 0.717) is 28.8 Å². The van der Waals surface area contributed by atoms with Crippen LogP contribution in [0.15, 0.2) is 36.4 Å². The van der Waals surface area contributed by atoms with Gasteiger partial charge in [-0.2, -0.15) is 0 Å². The number of phenols is 1. The molecule has 0 unspecified atom stereocenters. The number of halogens is 2. The largest absolute Gasteiger partial charge is 0.508 e. The molecule has 0 spiro atoms. The zero-order valence-corrected chi connectivity index (χ0v) is 16.1. The second-order valence-electron chi connectivity index (χ2n) is 5.65. The smallest absolute Gasteiger partial charge is 0.231 e. The summed E-state index contributed by atoms with van der Waals surface area (Å²) >= 11 is 0. The van der Waals surface area contributed by atoms with Gasteiger partial charge in [-0.05, 0) is 24.3 Å². The highest BCUT2D eigenvalue weighted by Crippen LogP contribution is 2.34. The molecule has 1 N–H and O–H groups in total. The van der Waals surface area contributed by atoms with E-state index < -0.39 is 5.82 Å². The minimum Gasteiger partial charge on any atom is -0.508 e. The summed E-state index contributed by atoms with van der Waals surface area (Å²) in [5, 5.41) is 18.1. The van der Waals surface area contributed by atoms with Crippen LogP contribution in [0.5, 0.6) is 17.2 Å². The molecular weight excluding hydrogens is 375 g/mol. The molecule has 0 fully saturated rings. The molecule has 0 aliphatic heterocycles. The van der Waals surface area contributed by atoms with Crippen LogP contribution in [0, 0.1) is 5.82 Å². The predicted octanol–water partition coefficient (Wildman–Crippen LogP) is 3.53. The second kappa shape index (κ2) is 8.13. The highest BCUT2D eigenvalue weighted by Gasteiger charge is 2.19. The Hall–Kier alpha value is -3.00. The van der Waals surface area contributed by atoms with Crippen LogP contribution in [-0.4, -0.2) is 41.1 Å². The average molecular weight is 395 g/mol. The van der Waals surface area contributed by atoms with Gasteiger partial charge in [0.15, 0.2) is 17.4 Å². The first-order valence-corrected chi connectivity index (χ1v) is 7.80. The number of anilines is 2. The molecular formula is C18H20ClFN4O3. The van der Waals surface area contributed by atoms with E-state index in [1.807, 2.05) is 7.05 Å². The fourth-order valence-electron chi connectivity index (χ4n) is 2.68. The molecule has 0 radical (unpaired) electrons. The highest BCUT2D eigenvalue weighted by atomic mass is 35.5. The van der Waals surface area contributed by atoms with Gasteiger partial charge in [0.2, 0.25) is 5.95 Å². The van der Waals surface area contributed by atoms with E-state index in [2.05, 4.69) is 10.2 Å². The maximum absolute atomic E-state index is 13.6. The predicted molar refractivity (Wildman–Crippen MR) is 103 cm³/mol. The quantitative estimate of drug-likeness (QED) is 0.713. The van der Waals surface area contributed by atoms with E-state index >= 15 is 0 Å². The average Bonchev–Trinajstić information content (AvgIpc) is 3.02. The van der Waals surface area contributed by atoms with Crippen molar-refractivity contribution in [3.8, 4) is 28.6 Å². The summed E-state index contributed by atoms with van der Waals surface area (Å²) in [5.74, 6) is 1.41. The molecule has 1 heterocycles. The van der Waals surface area contributed by atoms with E-state index in [-0.39, 0.29) is 23.9 Å². The van der Waals surface area contributed by atoms with Crippen molar-refractivity contribution in [2.45, 2.75) is 0 Å². The lowest BCUT2D eigenvalue weighted by Crippen LogP contribution is -2.15. The summed E-state index contributed by atoms with van der Waals surface area (Å²) in [6.07, 6.45) is 0. The summed E-state index contributed by atoms with van der Waals surface area (Å²) in [4.78, 5) is 1.77. The number of benzene rings is 2. The van der Waals surface area contributed by atoms with E-state index in [1.165, 1.54) is 26.4 Å². The van der Waals surface area contributed by atoms with E-state index in [1.54, 1.807) is 40.8 Å². The molecule has 0 saturated heterocycles. The van der Waals surface area contributed by atoms with Crippen molar-refractivity contribution >= 4 is 24.0 Å². The van der Waals surface area contributed by atoms with Crippen LogP contribution in [0.3, 0.4) is 0 Å². The van der Waals surface area contributed by atoms with Crippen LogP contribution in [0.2, 0.25) is 0 Å². The molecule has 0 atom stereocenters. The number of ether oxygens (including phenoxy) is 2. The zero-order valence-electron chi connectivity index (χ0n) is 15.3. The number of aromatic hydroxyl groups is 1. The molecule has 3 aromatic rings. The third kappa shape index (κ3) is 3.75. The lowest BCUT2D eigenvalue weighted by Gasteiger charge is -2.19. The fraction of sp³-hybridized carbons (Fsp3) is 0.222. The first-order valence-electron chi connectivity index (χ1n) is 7.80. The molecule has 0 aliphatic rings. The summed E-state index contributed by atoms with van der Waals surface area (Å²) in [5.41, 5.74) is 1.39. The third-order valence-electron chi connectivity index (χ3n) is 4.10. The molecule has 7 nitrogen and oxygen atoms in total. The highest BCUT2D eigenvalue weighted by molar-refractivity contribution is 5.85. The first-order chi connectivity index (χ1) is 12.5. The van der Waals surface area contributed by atoms with Crippen molar-refractivity contribution in [2.24, 2.45) is 7.05 Å².